The first-order valence-electron chi connectivity index (χ1n) is 3.89. The molecule has 0 N–H and O–H groups in total. The van der Waals surface area contributed by atoms with Crippen LogP contribution >= 0.6 is 0 Å². The Kier molecular flexibility index (Phi) is 1.31. The highest BCUT2D eigenvalue weighted by Crippen LogP contribution is 2.22. The number of allylic oxidation sites excluding steroid dienone is 1. The first kappa shape index (κ1) is 6.59. The van der Waals surface area contributed by atoms with E-state index >= 15 is 0 Å². The highest BCUT2D eigenvalue weighted by Gasteiger charge is 2.09. The number of rotatable bonds is 0. The maximum Gasteiger partial charge on any atom is 0.0519 e. The van der Waals surface area contributed by atoms with Gasteiger partial charge in [0.2, 0.25) is 0 Å². The van der Waals surface area contributed by atoms with Gasteiger partial charge in [0.15, 0.2) is 0 Å². The zero-order chi connectivity index (χ0) is 7.84. The van der Waals surface area contributed by atoms with E-state index in [1.54, 1.807) is 0 Å². The summed E-state index contributed by atoms with van der Waals surface area (Å²) >= 11 is 0. The van der Waals surface area contributed by atoms with Gasteiger partial charge in [-0.3, -0.25) is 4.98 Å². The standard InChI is InChI=1S/C10H11N/c1-7-5-9-4-3-8(2)11-10(9)6-7/h3-5H,6H2,1-2H3. The summed E-state index contributed by atoms with van der Waals surface area (Å²) in [4.78, 5) is 4.45. The van der Waals surface area contributed by atoms with Gasteiger partial charge in [0.05, 0.1) is 5.69 Å². The molecule has 0 aromatic carbocycles. The van der Waals surface area contributed by atoms with E-state index in [0.29, 0.717) is 0 Å². The average Bonchev–Trinajstić information content (AvgIpc) is 2.27. The largest absolute Gasteiger partial charge is 0.257 e. The van der Waals surface area contributed by atoms with Gasteiger partial charge in [0, 0.05) is 12.1 Å². The van der Waals surface area contributed by atoms with Crippen LogP contribution in [0, 0.1) is 6.92 Å². The molecule has 0 radical (unpaired) electrons. The maximum absolute atomic E-state index is 4.45. The highest BCUT2D eigenvalue weighted by molar-refractivity contribution is 5.61. The smallest absolute Gasteiger partial charge is 0.0519 e. The molecule has 1 aromatic rings. The molecule has 0 fully saturated rings. The minimum Gasteiger partial charge on any atom is -0.257 e. The Morgan fingerprint density at radius 1 is 1.27 bits per heavy atom. The summed E-state index contributed by atoms with van der Waals surface area (Å²) in [6.45, 7) is 4.19. The predicted octanol–water partition coefficient (Wildman–Crippen LogP) is 2.35. The number of nitrogens with zero attached hydrogens (tertiary/aromatic N) is 1. The maximum atomic E-state index is 4.45. The fourth-order valence-electron chi connectivity index (χ4n) is 1.47. The molecule has 1 heteroatoms. The van der Waals surface area contributed by atoms with E-state index in [1.807, 2.05) is 6.92 Å². The number of hydrogen-bond donors (Lipinski definition) is 0. The molecule has 1 aromatic heterocycles. The van der Waals surface area contributed by atoms with Crippen LogP contribution in [-0.2, 0) is 6.42 Å². The van der Waals surface area contributed by atoms with Crippen LogP contribution in [0.25, 0.3) is 6.08 Å². The summed E-state index contributed by atoms with van der Waals surface area (Å²) in [6, 6.07) is 4.21. The SMILES string of the molecule is CC1=Cc2ccc(C)nc2C1. The molecule has 0 saturated carbocycles. The van der Waals surface area contributed by atoms with E-state index in [0.717, 1.165) is 12.1 Å². The molecule has 0 spiro atoms. The van der Waals surface area contributed by atoms with Gasteiger partial charge in [-0.1, -0.05) is 17.7 Å². The second-order valence-corrected chi connectivity index (χ2v) is 3.16. The number of hydrogen-bond acceptors (Lipinski definition) is 1. The summed E-state index contributed by atoms with van der Waals surface area (Å²) in [6.07, 6.45) is 3.25. The Hall–Kier alpha value is -1.11. The van der Waals surface area contributed by atoms with E-state index in [1.165, 1.54) is 16.8 Å². The zero-order valence-electron chi connectivity index (χ0n) is 6.89. The summed E-state index contributed by atoms with van der Waals surface area (Å²) in [5.74, 6) is 0. The van der Waals surface area contributed by atoms with E-state index in [4.69, 9.17) is 0 Å². The van der Waals surface area contributed by atoms with Crippen molar-refractivity contribution in [2.24, 2.45) is 0 Å². The molecule has 0 unspecified atom stereocenters. The molecule has 1 nitrogen and oxygen atoms in total. The monoisotopic (exact) mass is 145 g/mol. The van der Waals surface area contributed by atoms with Gasteiger partial charge in [-0.15, -0.1) is 0 Å². The Morgan fingerprint density at radius 3 is 2.91 bits per heavy atom. The van der Waals surface area contributed by atoms with Gasteiger partial charge < -0.3 is 0 Å². The second-order valence-electron chi connectivity index (χ2n) is 3.16. The minimum absolute atomic E-state index is 1.04. The molecule has 0 amide bonds. The van der Waals surface area contributed by atoms with Crippen molar-refractivity contribution in [2.75, 3.05) is 0 Å². The molecule has 1 aliphatic carbocycles. The topological polar surface area (TPSA) is 12.9 Å². The lowest BCUT2D eigenvalue weighted by Gasteiger charge is -1.97. The minimum atomic E-state index is 1.04. The Bertz CT molecular complexity index is 324. The Balaban J connectivity index is 2.52. The lowest BCUT2D eigenvalue weighted by Crippen LogP contribution is -1.90. The molecule has 0 saturated heterocycles. The van der Waals surface area contributed by atoms with Gasteiger partial charge >= 0.3 is 0 Å². The molecule has 2 rings (SSSR count). The van der Waals surface area contributed by atoms with Crippen molar-refractivity contribution in [1.29, 1.82) is 0 Å². The first-order valence-corrected chi connectivity index (χ1v) is 3.89. The third kappa shape index (κ3) is 1.07. The highest BCUT2D eigenvalue weighted by atomic mass is 14.7. The van der Waals surface area contributed by atoms with Gasteiger partial charge in [0.25, 0.3) is 0 Å². The van der Waals surface area contributed by atoms with Crippen LogP contribution in [0.3, 0.4) is 0 Å². The van der Waals surface area contributed by atoms with Crippen LogP contribution in [0.15, 0.2) is 17.7 Å². The van der Waals surface area contributed by atoms with Crippen LogP contribution in [0.2, 0.25) is 0 Å². The van der Waals surface area contributed by atoms with E-state index in [2.05, 4.69) is 30.1 Å². The zero-order valence-corrected chi connectivity index (χ0v) is 6.89. The number of aryl methyl sites for hydroxylation is 1. The van der Waals surface area contributed by atoms with E-state index in [9.17, 15) is 0 Å². The lowest BCUT2D eigenvalue weighted by atomic mass is 10.2. The number of aromatic nitrogens is 1. The summed E-state index contributed by atoms with van der Waals surface area (Å²) in [5, 5.41) is 0. The lowest BCUT2D eigenvalue weighted by molar-refractivity contribution is 1.04. The number of pyridine rings is 1. The first-order chi connectivity index (χ1) is 5.25. The van der Waals surface area contributed by atoms with E-state index < -0.39 is 0 Å². The fourth-order valence-corrected chi connectivity index (χ4v) is 1.47. The molecular weight excluding hydrogens is 134 g/mol. The Labute approximate surface area is 66.8 Å². The van der Waals surface area contributed by atoms with Crippen LogP contribution < -0.4 is 0 Å². The van der Waals surface area contributed by atoms with Crippen molar-refractivity contribution in [3.05, 3.63) is 34.7 Å². The van der Waals surface area contributed by atoms with Crippen molar-refractivity contribution in [3.63, 3.8) is 0 Å². The van der Waals surface area contributed by atoms with Crippen LogP contribution in [0.4, 0.5) is 0 Å². The summed E-state index contributed by atoms with van der Waals surface area (Å²) in [7, 11) is 0. The molecule has 1 aliphatic rings. The third-order valence-corrected chi connectivity index (χ3v) is 2.00. The Morgan fingerprint density at radius 2 is 2.09 bits per heavy atom. The summed E-state index contributed by atoms with van der Waals surface area (Å²) < 4.78 is 0. The van der Waals surface area contributed by atoms with Crippen molar-refractivity contribution in [3.8, 4) is 0 Å². The average molecular weight is 145 g/mol. The quantitative estimate of drug-likeness (QED) is 0.546. The molecule has 11 heavy (non-hydrogen) atoms. The van der Waals surface area contributed by atoms with E-state index in [-0.39, 0.29) is 0 Å². The van der Waals surface area contributed by atoms with Crippen molar-refractivity contribution >= 4 is 6.08 Å². The molecule has 0 atom stereocenters. The van der Waals surface area contributed by atoms with Crippen molar-refractivity contribution in [1.82, 2.24) is 4.98 Å². The molecule has 0 bridgehead atoms. The summed E-state index contributed by atoms with van der Waals surface area (Å²) in [5.41, 5.74) is 5.07. The molecule has 0 aliphatic heterocycles. The van der Waals surface area contributed by atoms with Gasteiger partial charge in [-0.25, -0.2) is 0 Å². The van der Waals surface area contributed by atoms with Gasteiger partial charge in [-0.2, -0.15) is 0 Å². The van der Waals surface area contributed by atoms with Gasteiger partial charge in [-0.05, 0) is 25.5 Å². The molecular formula is C10H11N. The van der Waals surface area contributed by atoms with Crippen molar-refractivity contribution < 1.29 is 0 Å². The number of fused-ring (bicyclic) bond motifs is 1. The third-order valence-electron chi connectivity index (χ3n) is 2.00. The molecule has 56 valence electrons. The van der Waals surface area contributed by atoms with Crippen molar-refractivity contribution in [2.45, 2.75) is 20.3 Å². The predicted molar refractivity (Wildman–Crippen MR) is 46.3 cm³/mol. The fraction of sp³-hybridized carbons (Fsp3) is 0.300. The van der Waals surface area contributed by atoms with Crippen LogP contribution in [-0.4, -0.2) is 4.98 Å². The molecule has 1 heterocycles. The van der Waals surface area contributed by atoms with Crippen LogP contribution in [0.1, 0.15) is 23.9 Å². The second kappa shape index (κ2) is 2.19. The normalized spacial score (nSPS) is 14.5. The van der Waals surface area contributed by atoms with Gasteiger partial charge in [0.1, 0.15) is 0 Å². The van der Waals surface area contributed by atoms with Crippen LogP contribution in [0.5, 0.6) is 0 Å².